The van der Waals surface area contributed by atoms with Crippen LogP contribution in [0.4, 0.5) is 5.69 Å². The molecule has 1 unspecified atom stereocenters. The summed E-state index contributed by atoms with van der Waals surface area (Å²) < 4.78 is 0. The third-order valence-electron chi connectivity index (χ3n) is 4.23. The Morgan fingerprint density at radius 1 is 1.23 bits per heavy atom. The second kappa shape index (κ2) is 10.1. The van der Waals surface area contributed by atoms with Crippen molar-refractivity contribution < 1.29 is 19.5 Å². The van der Waals surface area contributed by atoms with Gasteiger partial charge in [-0.25, -0.2) is 5.43 Å². The summed E-state index contributed by atoms with van der Waals surface area (Å²) in [6, 6.07) is 12.7. The number of halogens is 1. The molecule has 1 atom stereocenters. The van der Waals surface area contributed by atoms with Crippen molar-refractivity contribution in [1.29, 1.82) is 0 Å². The average Bonchev–Trinajstić information content (AvgIpc) is 3.03. The second-order valence-electron chi connectivity index (χ2n) is 6.46. The molecule has 0 spiro atoms. The molecule has 1 aliphatic heterocycles. The van der Waals surface area contributed by atoms with E-state index in [1.807, 2.05) is 0 Å². The first-order chi connectivity index (χ1) is 14.9. The summed E-state index contributed by atoms with van der Waals surface area (Å²) in [6.45, 7) is 3.80. The van der Waals surface area contributed by atoms with Crippen LogP contribution in [0.25, 0.3) is 0 Å². The number of phenolic OH excluding ortho intramolecular Hbond substituents is 1. The van der Waals surface area contributed by atoms with Gasteiger partial charge >= 0.3 is 0 Å². The van der Waals surface area contributed by atoms with Crippen LogP contribution in [0, 0.1) is 0 Å². The summed E-state index contributed by atoms with van der Waals surface area (Å²) in [5, 5.41) is 16.6. The third-order valence-corrected chi connectivity index (χ3v) is 5.66. The Morgan fingerprint density at radius 2 is 1.94 bits per heavy atom. The molecular weight excluding hydrogens is 440 g/mol. The maximum atomic E-state index is 12.7. The molecule has 0 aliphatic carbocycles. The van der Waals surface area contributed by atoms with Gasteiger partial charge in [0.15, 0.2) is 5.17 Å². The van der Waals surface area contributed by atoms with Gasteiger partial charge in [0, 0.05) is 23.7 Å². The summed E-state index contributed by atoms with van der Waals surface area (Å²) in [5.74, 6) is -1.46. The number of aromatic hydroxyl groups is 1. The van der Waals surface area contributed by atoms with Crippen molar-refractivity contribution in [2.75, 3.05) is 11.9 Å². The Morgan fingerprint density at radius 3 is 2.61 bits per heavy atom. The van der Waals surface area contributed by atoms with E-state index >= 15 is 0 Å². The number of benzene rings is 2. The summed E-state index contributed by atoms with van der Waals surface area (Å²) in [4.78, 5) is 38.7. The zero-order valence-corrected chi connectivity index (χ0v) is 17.8. The number of hydrogen-bond donors (Lipinski definition) is 3. The molecule has 0 saturated carbocycles. The first-order valence-electron chi connectivity index (χ1n) is 9.19. The maximum Gasteiger partial charge on any atom is 0.275 e. The lowest BCUT2D eigenvalue weighted by Crippen LogP contribution is -2.34. The summed E-state index contributed by atoms with van der Waals surface area (Å²) in [6.07, 6.45) is 1.45. The normalized spacial score (nSPS) is 16.9. The molecule has 31 heavy (non-hydrogen) atoms. The van der Waals surface area contributed by atoms with Crippen molar-refractivity contribution in [1.82, 2.24) is 10.3 Å². The van der Waals surface area contributed by atoms with Crippen molar-refractivity contribution in [3.05, 3.63) is 71.8 Å². The van der Waals surface area contributed by atoms with Gasteiger partial charge in [-0.05, 0) is 36.4 Å². The number of nitrogens with zero attached hydrogens (tertiary/aromatic N) is 2. The molecule has 2 aromatic rings. The van der Waals surface area contributed by atoms with E-state index < -0.39 is 11.2 Å². The highest BCUT2D eigenvalue weighted by Crippen LogP contribution is 2.30. The minimum Gasteiger partial charge on any atom is -0.507 e. The predicted molar refractivity (Wildman–Crippen MR) is 121 cm³/mol. The van der Waals surface area contributed by atoms with E-state index in [9.17, 15) is 19.5 Å². The standard InChI is InChI=1S/C21H19ClN4O4S/c1-2-11-26-20(30)17(12-18(28)23-14-9-7-13(22)8-10-14)31-21(26)25-24-19(29)15-5-3-4-6-16(15)27/h2-10,17,27H,1,11-12H2,(H,23,28)(H,24,29)/b25-21+. The number of phenols is 1. The lowest BCUT2D eigenvalue weighted by atomic mass is 10.2. The van der Waals surface area contributed by atoms with Gasteiger partial charge in [-0.2, -0.15) is 0 Å². The molecule has 160 valence electrons. The lowest BCUT2D eigenvalue weighted by molar-refractivity contribution is -0.127. The van der Waals surface area contributed by atoms with Crippen molar-refractivity contribution in [3.8, 4) is 5.75 Å². The monoisotopic (exact) mass is 458 g/mol. The number of carbonyl (C=O) groups is 3. The van der Waals surface area contributed by atoms with Gasteiger partial charge in [0.05, 0.1) is 5.56 Å². The number of anilines is 1. The minimum absolute atomic E-state index is 0.0512. The topological polar surface area (TPSA) is 111 Å². The molecule has 1 heterocycles. The molecule has 2 aromatic carbocycles. The number of hydrogen-bond acceptors (Lipinski definition) is 6. The fourth-order valence-electron chi connectivity index (χ4n) is 2.76. The van der Waals surface area contributed by atoms with E-state index in [2.05, 4.69) is 22.4 Å². The fraction of sp³-hybridized carbons (Fsp3) is 0.143. The van der Waals surface area contributed by atoms with Gasteiger partial charge in [-0.1, -0.05) is 41.6 Å². The fourth-order valence-corrected chi connectivity index (χ4v) is 3.99. The largest absolute Gasteiger partial charge is 0.507 e. The molecule has 1 fully saturated rings. The van der Waals surface area contributed by atoms with Crippen LogP contribution in [0.1, 0.15) is 16.8 Å². The van der Waals surface area contributed by atoms with E-state index in [0.29, 0.717) is 10.7 Å². The molecular formula is C21H19ClN4O4S. The van der Waals surface area contributed by atoms with Gasteiger partial charge in [-0.15, -0.1) is 11.7 Å². The van der Waals surface area contributed by atoms with Crippen LogP contribution in [-0.4, -0.2) is 44.7 Å². The predicted octanol–water partition coefficient (Wildman–Crippen LogP) is 3.21. The Bertz CT molecular complexity index is 1040. The number of thioether (sulfide) groups is 1. The van der Waals surface area contributed by atoms with Crippen molar-refractivity contribution in [3.63, 3.8) is 0 Å². The minimum atomic E-state index is -0.701. The Balaban J connectivity index is 1.67. The maximum absolute atomic E-state index is 12.7. The molecule has 3 N–H and O–H groups in total. The van der Waals surface area contributed by atoms with Gasteiger partial charge in [0.2, 0.25) is 11.8 Å². The van der Waals surface area contributed by atoms with E-state index in [1.54, 1.807) is 36.4 Å². The summed E-state index contributed by atoms with van der Waals surface area (Å²) in [7, 11) is 0. The molecule has 1 aliphatic rings. The summed E-state index contributed by atoms with van der Waals surface area (Å²) >= 11 is 6.90. The smallest absolute Gasteiger partial charge is 0.275 e. The zero-order valence-electron chi connectivity index (χ0n) is 16.2. The van der Waals surface area contributed by atoms with E-state index in [0.717, 1.165) is 11.8 Å². The number of nitrogens with one attached hydrogen (secondary N) is 2. The number of rotatable bonds is 7. The van der Waals surface area contributed by atoms with Gasteiger partial charge in [-0.3, -0.25) is 19.3 Å². The Kier molecular flexibility index (Phi) is 7.32. The average molecular weight is 459 g/mol. The Hall–Kier alpha value is -3.30. The zero-order chi connectivity index (χ0) is 22.4. The van der Waals surface area contributed by atoms with Crippen LogP contribution in [0.2, 0.25) is 5.02 Å². The van der Waals surface area contributed by atoms with Crippen LogP contribution in [-0.2, 0) is 9.59 Å². The van der Waals surface area contributed by atoms with Crippen LogP contribution in [0.15, 0.2) is 66.3 Å². The molecule has 10 heteroatoms. The van der Waals surface area contributed by atoms with E-state index in [-0.39, 0.29) is 41.3 Å². The second-order valence-corrected chi connectivity index (χ2v) is 8.06. The first kappa shape index (κ1) is 22.4. The van der Waals surface area contributed by atoms with Gasteiger partial charge in [0.1, 0.15) is 11.0 Å². The highest BCUT2D eigenvalue weighted by molar-refractivity contribution is 8.15. The number of carbonyl (C=O) groups excluding carboxylic acids is 3. The SMILES string of the molecule is C=CCN1C(=O)C(CC(=O)Nc2ccc(Cl)cc2)S/C1=N/NC(=O)c1ccccc1O. The molecule has 0 bridgehead atoms. The highest BCUT2D eigenvalue weighted by Gasteiger charge is 2.38. The van der Waals surface area contributed by atoms with E-state index in [1.165, 1.54) is 23.1 Å². The molecule has 3 rings (SSSR count). The van der Waals surface area contributed by atoms with Crippen LogP contribution < -0.4 is 10.7 Å². The number of amides is 3. The quantitative estimate of drug-likeness (QED) is 0.436. The number of para-hydroxylation sites is 1. The van der Waals surface area contributed by atoms with Crippen molar-refractivity contribution in [2.24, 2.45) is 5.10 Å². The first-order valence-corrected chi connectivity index (χ1v) is 10.4. The molecule has 1 saturated heterocycles. The molecule has 3 amide bonds. The van der Waals surface area contributed by atoms with Crippen LogP contribution in [0.3, 0.4) is 0 Å². The van der Waals surface area contributed by atoms with Gasteiger partial charge in [0.25, 0.3) is 5.91 Å². The Labute approximate surface area is 188 Å². The van der Waals surface area contributed by atoms with E-state index in [4.69, 9.17) is 11.6 Å². The number of amidine groups is 1. The molecule has 0 radical (unpaired) electrons. The highest BCUT2D eigenvalue weighted by atomic mass is 35.5. The summed E-state index contributed by atoms with van der Waals surface area (Å²) in [5.41, 5.74) is 2.95. The number of hydrazone groups is 1. The third kappa shape index (κ3) is 5.65. The van der Waals surface area contributed by atoms with Crippen LogP contribution in [0.5, 0.6) is 5.75 Å². The van der Waals surface area contributed by atoms with Gasteiger partial charge < -0.3 is 10.4 Å². The van der Waals surface area contributed by atoms with Crippen molar-refractivity contribution in [2.45, 2.75) is 11.7 Å². The molecule has 8 nitrogen and oxygen atoms in total. The lowest BCUT2D eigenvalue weighted by Gasteiger charge is -2.13. The molecule has 0 aromatic heterocycles. The van der Waals surface area contributed by atoms with Crippen LogP contribution >= 0.6 is 23.4 Å². The van der Waals surface area contributed by atoms with Crippen molar-refractivity contribution >= 4 is 51.9 Å².